The van der Waals surface area contributed by atoms with E-state index >= 15 is 0 Å². The predicted octanol–water partition coefficient (Wildman–Crippen LogP) is 4.17. The van der Waals surface area contributed by atoms with Crippen molar-refractivity contribution in [2.75, 3.05) is 19.3 Å². The Hall–Kier alpha value is -1.67. The molecule has 0 spiro atoms. The van der Waals surface area contributed by atoms with Crippen LogP contribution in [0, 0.1) is 11.8 Å². The fraction of sp³-hybridized carbons (Fsp3) is 0.455. The molecule has 0 bridgehead atoms. The second-order valence-corrected chi connectivity index (χ2v) is 10.1. The molecule has 3 heterocycles. The highest BCUT2D eigenvalue weighted by molar-refractivity contribution is 7.98. The highest BCUT2D eigenvalue weighted by atomic mass is 32.2. The van der Waals surface area contributed by atoms with E-state index in [1.807, 2.05) is 16.9 Å². The van der Waals surface area contributed by atoms with E-state index in [1.54, 1.807) is 23.1 Å². The second-order valence-electron chi connectivity index (χ2n) is 8.23. The number of hydrogen-bond donors (Lipinski definition) is 1. The SMILES string of the molecule is CSc1ccc(CN2C[C@H]3C[C@@H](n4cc(-c5cccs5)nn4)[C@H](O)C[C@H]3C2)cc1. The average Bonchev–Trinajstić information content (AvgIpc) is 3.48. The van der Waals surface area contributed by atoms with Crippen LogP contribution in [0.15, 0.2) is 52.9 Å². The maximum atomic E-state index is 10.8. The zero-order valence-corrected chi connectivity index (χ0v) is 18.1. The smallest absolute Gasteiger partial charge is 0.122 e. The van der Waals surface area contributed by atoms with Gasteiger partial charge in [-0.1, -0.05) is 23.4 Å². The van der Waals surface area contributed by atoms with E-state index in [-0.39, 0.29) is 12.1 Å². The van der Waals surface area contributed by atoms with Gasteiger partial charge in [0.2, 0.25) is 0 Å². The van der Waals surface area contributed by atoms with Gasteiger partial charge in [0.15, 0.2) is 0 Å². The molecule has 1 saturated heterocycles. The third-order valence-electron chi connectivity index (χ3n) is 6.37. The van der Waals surface area contributed by atoms with Gasteiger partial charge in [-0.25, -0.2) is 4.68 Å². The van der Waals surface area contributed by atoms with Crippen LogP contribution in [-0.2, 0) is 6.54 Å². The summed E-state index contributed by atoms with van der Waals surface area (Å²) in [6.45, 7) is 3.18. The van der Waals surface area contributed by atoms with Crippen molar-refractivity contribution in [1.82, 2.24) is 19.9 Å². The minimum absolute atomic E-state index is 0.0262. The first-order chi connectivity index (χ1) is 14.2. The number of thioether (sulfide) groups is 1. The van der Waals surface area contributed by atoms with Crippen LogP contribution in [0.5, 0.6) is 0 Å². The molecule has 1 aliphatic heterocycles. The van der Waals surface area contributed by atoms with Gasteiger partial charge in [-0.15, -0.1) is 28.2 Å². The average molecular weight is 427 g/mol. The van der Waals surface area contributed by atoms with Crippen LogP contribution in [-0.4, -0.2) is 50.4 Å². The number of thiophene rings is 1. The Morgan fingerprint density at radius 2 is 1.93 bits per heavy atom. The summed E-state index contributed by atoms with van der Waals surface area (Å²) in [6, 6.07) is 13.0. The molecule has 1 aliphatic carbocycles. The quantitative estimate of drug-likeness (QED) is 0.621. The molecule has 4 atom stereocenters. The van der Waals surface area contributed by atoms with Crippen molar-refractivity contribution in [3.8, 4) is 10.6 Å². The van der Waals surface area contributed by atoms with Gasteiger partial charge in [0.1, 0.15) is 5.69 Å². The molecule has 1 aromatic carbocycles. The minimum Gasteiger partial charge on any atom is -0.391 e. The number of benzene rings is 1. The summed E-state index contributed by atoms with van der Waals surface area (Å²) >= 11 is 3.45. The molecule has 152 valence electrons. The number of aromatic nitrogens is 3. The van der Waals surface area contributed by atoms with Gasteiger partial charge in [0.05, 0.1) is 23.2 Å². The highest BCUT2D eigenvalue weighted by Gasteiger charge is 2.42. The Bertz CT molecular complexity index is 940. The number of fused-ring (bicyclic) bond motifs is 1. The summed E-state index contributed by atoms with van der Waals surface area (Å²) < 4.78 is 1.90. The normalized spacial score (nSPS) is 27.2. The molecule has 1 N–H and O–H groups in total. The summed E-state index contributed by atoms with van der Waals surface area (Å²) in [5, 5.41) is 21.6. The Morgan fingerprint density at radius 1 is 1.14 bits per heavy atom. The molecule has 0 amide bonds. The van der Waals surface area contributed by atoms with E-state index < -0.39 is 0 Å². The highest BCUT2D eigenvalue weighted by Crippen LogP contribution is 2.41. The monoisotopic (exact) mass is 426 g/mol. The Labute approximate surface area is 179 Å². The maximum absolute atomic E-state index is 10.8. The molecule has 5 nitrogen and oxygen atoms in total. The van der Waals surface area contributed by atoms with Gasteiger partial charge < -0.3 is 5.11 Å². The molecular formula is C22H26N4OS2. The summed E-state index contributed by atoms with van der Waals surface area (Å²) in [6.07, 6.45) is 5.59. The molecule has 5 rings (SSSR count). The summed E-state index contributed by atoms with van der Waals surface area (Å²) in [5.41, 5.74) is 2.27. The van der Waals surface area contributed by atoms with Crippen LogP contribution >= 0.6 is 23.1 Å². The number of hydrogen-bond acceptors (Lipinski definition) is 6. The summed E-state index contributed by atoms with van der Waals surface area (Å²) in [5.74, 6) is 1.19. The van der Waals surface area contributed by atoms with Gasteiger partial charge in [0, 0.05) is 24.5 Å². The number of rotatable bonds is 5. The van der Waals surface area contributed by atoms with Crippen LogP contribution in [0.4, 0.5) is 0 Å². The van der Waals surface area contributed by atoms with Crippen molar-refractivity contribution in [3.05, 3.63) is 53.5 Å². The fourth-order valence-corrected chi connectivity index (χ4v) is 5.97. The largest absolute Gasteiger partial charge is 0.391 e. The van der Waals surface area contributed by atoms with E-state index in [0.717, 1.165) is 43.0 Å². The first kappa shape index (κ1) is 19.3. The van der Waals surface area contributed by atoms with Crippen molar-refractivity contribution < 1.29 is 5.11 Å². The Morgan fingerprint density at radius 3 is 2.66 bits per heavy atom. The standard InChI is InChI=1S/C22H26N4OS2/c1-28-18-6-4-15(5-7-18)11-25-12-16-9-20(21(27)10-17(16)13-25)26-14-19(23-24-26)22-3-2-8-29-22/h2-8,14,16-17,20-21,27H,9-13H2,1H3/t16-,17+,20-,21-/m1/s1. The van der Waals surface area contributed by atoms with Gasteiger partial charge in [-0.05, 0) is 60.1 Å². The van der Waals surface area contributed by atoms with Crippen molar-refractivity contribution in [2.24, 2.45) is 11.8 Å². The van der Waals surface area contributed by atoms with Gasteiger partial charge in [-0.3, -0.25) is 4.90 Å². The lowest BCUT2D eigenvalue weighted by Gasteiger charge is -2.35. The van der Waals surface area contributed by atoms with Crippen LogP contribution in [0.1, 0.15) is 24.4 Å². The molecular weight excluding hydrogens is 400 g/mol. The Kier molecular flexibility index (Phi) is 5.47. The van der Waals surface area contributed by atoms with Crippen LogP contribution in [0.2, 0.25) is 0 Å². The first-order valence-corrected chi connectivity index (χ1v) is 12.3. The molecule has 2 fully saturated rings. The zero-order chi connectivity index (χ0) is 19.8. The van der Waals surface area contributed by atoms with Crippen LogP contribution in [0.3, 0.4) is 0 Å². The van der Waals surface area contributed by atoms with Crippen LogP contribution in [0.25, 0.3) is 10.6 Å². The molecule has 7 heteroatoms. The topological polar surface area (TPSA) is 54.2 Å². The second kappa shape index (κ2) is 8.22. The van der Waals surface area contributed by atoms with Crippen molar-refractivity contribution >= 4 is 23.1 Å². The van der Waals surface area contributed by atoms with E-state index in [4.69, 9.17) is 0 Å². The van der Waals surface area contributed by atoms with Crippen molar-refractivity contribution in [1.29, 1.82) is 0 Å². The number of aliphatic hydroxyl groups excluding tert-OH is 1. The lowest BCUT2D eigenvalue weighted by atomic mass is 9.77. The molecule has 2 aromatic heterocycles. The van der Waals surface area contributed by atoms with Crippen LogP contribution < -0.4 is 0 Å². The zero-order valence-electron chi connectivity index (χ0n) is 16.5. The molecule has 29 heavy (non-hydrogen) atoms. The van der Waals surface area contributed by atoms with E-state index in [9.17, 15) is 5.11 Å². The predicted molar refractivity (Wildman–Crippen MR) is 118 cm³/mol. The van der Waals surface area contributed by atoms with E-state index in [0.29, 0.717) is 11.8 Å². The molecule has 0 unspecified atom stereocenters. The van der Waals surface area contributed by atoms with Gasteiger partial charge in [0.25, 0.3) is 0 Å². The van der Waals surface area contributed by atoms with Crippen molar-refractivity contribution in [3.63, 3.8) is 0 Å². The number of nitrogens with zero attached hydrogens (tertiary/aromatic N) is 4. The third-order valence-corrected chi connectivity index (χ3v) is 8.01. The number of likely N-dealkylation sites (tertiary alicyclic amines) is 1. The van der Waals surface area contributed by atoms with Gasteiger partial charge >= 0.3 is 0 Å². The summed E-state index contributed by atoms with van der Waals surface area (Å²) in [4.78, 5) is 4.99. The molecule has 1 saturated carbocycles. The lowest BCUT2D eigenvalue weighted by Crippen LogP contribution is -2.36. The van der Waals surface area contributed by atoms with Crippen molar-refractivity contribution in [2.45, 2.75) is 36.4 Å². The molecule has 0 radical (unpaired) electrons. The minimum atomic E-state index is -0.352. The summed E-state index contributed by atoms with van der Waals surface area (Å²) in [7, 11) is 0. The van der Waals surface area contributed by atoms with E-state index in [2.05, 4.69) is 57.2 Å². The Balaban J connectivity index is 1.25. The molecule has 2 aliphatic rings. The fourth-order valence-electron chi connectivity index (χ4n) is 4.88. The maximum Gasteiger partial charge on any atom is 0.122 e. The first-order valence-electron chi connectivity index (χ1n) is 10.2. The molecule has 3 aromatic rings. The van der Waals surface area contributed by atoms with Gasteiger partial charge in [-0.2, -0.15) is 0 Å². The lowest BCUT2D eigenvalue weighted by molar-refractivity contribution is 0.0298. The number of aliphatic hydroxyl groups is 1. The van der Waals surface area contributed by atoms with E-state index in [1.165, 1.54) is 10.5 Å². The third kappa shape index (κ3) is 4.01.